The number of nitrogens with zero attached hydrogens (tertiary/aromatic N) is 2. The van der Waals surface area contributed by atoms with Crippen LogP contribution in [0, 0.1) is 0 Å². The largest absolute Gasteiger partial charge is 0.497 e. The molecule has 0 aliphatic carbocycles. The third-order valence-electron chi connectivity index (χ3n) is 5.48. The average Bonchev–Trinajstić information content (AvgIpc) is 3.22. The van der Waals surface area contributed by atoms with Gasteiger partial charge >= 0.3 is 0 Å². The van der Waals surface area contributed by atoms with Crippen LogP contribution in [0.3, 0.4) is 0 Å². The van der Waals surface area contributed by atoms with E-state index in [-0.39, 0.29) is 5.91 Å². The monoisotopic (exact) mass is 407 g/mol. The van der Waals surface area contributed by atoms with Crippen molar-refractivity contribution in [2.24, 2.45) is 4.99 Å². The van der Waals surface area contributed by atoms with Gasteiger partial charge in [-0.3, -0.25) is 14.8 Å². The summed E-state index contributed by atoms with van der Waals surface area (Å²) in [7, 11) is 1.62. The smallest absolute Gasteiger partial charge is 0.256 e. The molecule has 0 fully saturated rings. The van der Waals surface area contributed by atoms with Crippen molar-refractivity contribution in [2.75, 3.05) is 12.4 Å². The van der Waals surface area contributed by atoms with Crippen LogP contribution < -0.4 is 10.1 Å². The molecule has 3 aromatic carbocycles. The number of fused-ring (bicyclic) bond motifs is 2. The summed E-state index contributed by atoms with van der Waals surface area (Å²) >= 11 is 0. The van der Waals surface area contributed by atoms with Gasteiger partial charge in [0.1, 0.15) is 5.75 Å². The lowest BCUT2D eigenvalue weighted by Crippen LogP contribution is -2.15. The molecule has 1 N–H and O–H groups in total. The van der Waals surface area contributed by atoms with Gasteiger partial charge in [-0.25, -0.2) is 0 Å². The first-order valence-electron chi connectivity index (χ1n) is 10.2. The highest BCUT2D eigenvalue weighted by molar-refractivity contribution is 6.08. The zero-order valence-electron chi connectivity index (χ0n) is 17.1. The summed E-state index contributed by atoms with van der Waals surface area (Å²) in [5.74, 6) is 0.612. The third-order valence-corrected chi connectivity index (χ3v) is 5.48. The first kappa shape index (κ1) is 19.0. The molecule has 31 heavy (non-hydrogen) atoms. The Bertz CT molecular complexity index is 1310. The summed E-state index contributed by atoms with van der Waals surface area (Å²) < 4.78 is 5.17. The SMILES string of the molecule is COc1ccc(NC(=O)c2cccc3c2CC(Cc2cc4ccccc4cn2)=N3)cc1. The lowest BCUT2D eigenvalue weighted by atomic mass is 10.00. The molecule has 1 aliphatic rings. The molecule has 0 saturated carbocycles. The second kappa shape index (κ2) is 8.03. The van der Waals surface area contributed by atoms with Crippen molar-refractivity contribution < 1.29 is 9.53 Å². The van der Waals surface area contributed by atoms with Gasteiger partial charge in [0.2, 0.25) is 0 Å². The Balaban J connectivity index is 1.33. The Morgan fingerprint density at radius 1 is 1.00 bits per heavy atom. The first-order valence-corrected chi connectivity index (χ1v) is 10.2. The van der Waals surface area contributed by atoms with Crippen LogP contribution in [0.2, 0.25) is 0 Å². The van der Waals surface area contributed by atoms with Gasteiger partial charge in [0.25, 0.3) is 5.91 Å². The van der Waals surface area contributed by atoms with E-state index in [1.54, 1.807) is 7.11 Å². The molecule has 0 spiro atoms. The molecule has 0 saturated heterocycles. The fourth-order valence-electron chi connectivity index (χ4n) is 3.90. The van der Waals surface area contributed by atoms with Crippen molar-refractivity contribution in [3.8, 4) is 5.75 Å². The number of hydrogen-bond donors (Lipinski definition) is 1. The van der Waals surface area contributed by atoms with Crippen LogP contribution in [-0.4, -0.2) is 23.7 Å². The molecule has 5 rings (SSSR count). The number of nitrogens with one attached hydrogen (secondary N) is 1. The summed E-state index contributed by atoms with van der Waals surface area (Å²) in [5, 5.41) is 5.26. The van der Waals surface area contributed by atoms with Crippen LogP contribution >= 0.6 is 0 Å². The topological polar surface area (TPSA) is 63.6 Å². The number of aromatic nitrogens is 1. The molecule has 0 atom stereocenters. The highest BCUT2D eigenvalue weighted by atomic mass is 16.5. The highest BCUT2D eigenvalue weighted by Crippen LogP contribution is 2.31. The van der Waals surface area contributed by atoms with Gasteiger partial charge in [-0.05, 0) is 53.4 Å². The fraction of sp³-hybridized carbons (Fsp3) is 0.115. The molecule has 4 aromatic rings. The second-order valence-electron chi connectivity index (χ2n) is 7.54. The van der Waals surface area contributed by atoms with E-state index >= 15 is 0 Å². The number of ether oxygens (including phenoxy) is 1. The summed E-state index contributed by atoms with van der Waals surface area (Å²) in [4.78, 5) is 22.3. The van der Waals surface area contributed by atoms with E-state index in [1.807, 2.05) is 60.8 Å². The van der Waals surface area contributed by atoms with E-state index in [1.165, 1.54) is 5.39 Å². The zero-order valence-corrected chi connectivity index (χ0v) is 17.1. The third kappa shape index (κ3) is 3.90. The summed E-state index contributed by atoms with van der Waals surface area (Å²) in [6.07, 6.45) is 3.22. The molecule has 1 aromatic heterocycles. The number of aliphatic imine (C=N–C) groups is 1. The van der Waals surface area contributed by atoms with Gasteiger partial charge < -0.3 is 10.1 Å². The molecule has 5 heteroatoms. The Morgan fingerprint density at radius 3 is 2.61 bits per heavy atom. The first-order chi connectivity index (χ1) is 15.2. The van der Waals surface area contributed by atoms with Gasteiger partial charge in [0, 0.05) is 47.1 Å². The van der Waals surface area contributed by atoms with E-state index < -0.39 is 0 Å². The van der Waals surface area contributed by atoms with Gasteiger partial charge in [0.05, 0.1) is 12.8 Å². The highest BCUT2D eigenvalue weighted by Gasteiger charge is 2.22. The Hall–Kier alpha value is -3.99. The minimum atomic E-state index is -0.137. The Labute approximate surface area is 180 Å². The lowest BCUT2D eigenvalue weighted by molar-refractivity contribution is 0.102. The van der Waals surface area contributed by atoms with Crippen molar-refractivity contribution in [3.05, 3.63) is 95.8 Å². The maximum absolute atomic E-state index is 12.9. The van der Waals surface area contributed by atoms with Crippen molar-refractivity contribution in [2.45, 2.75) is 12.8 Å². The molecule has 0 bridgehead atoms. The number of methoxy groups -OCH3 is 1. The lowest BCUT2D eigenvalue weighted by Gasteiger charge is -2.09. The number of pyridine rings is 1. The standard InChI is InChI=1S/C26H21N3O2/c1-31-22-11-9-19(10-12-22)29-26(30)23-7-4-8-25-24(23)15-21(28-25)14-20-13-17-5-2-3-6-18(17)16-27-20/h2-13,16H,14-15H2,1H3,(H,29,30). The fourth-order valence-corrected chi connectivity index (χ4v) is 3.90. The van der Waals surface area contributed by atoms with E-state index in [2.05, 4.69) is 28.5 Å². The minimum absolute atomic E-state index is 0.137. The molecule has 1 aliphatic heterocycles. The summed E-state index contributed by atoms with van der Waals surface area (Å²) in [5.41, 5.74) is 5.20. The van der Waals surface area contributed by atoms with Crippen molar-refractivity contribution in [1.82, 2.24) is 4.98 Å². The van der Waals surface area contributed by atoms with Crippen molar-refractivity contribution >= 4 is 33.8 Å². The number of amides is 1. The number of rotatable bonds is 5. The predicted octanol–water partition coefficient (Wildman–Crippen LogP) is 5.37. The van der Waals surface area contributed by atoms with Crippen LogP contribution in [0.1, 0.15) is 21.6 Å². The number of anilines is 1. The van der Waals surface area contributed by atoms with Crippen LogP contribution in [0.15, 0.2) is 84.0 Å². The van der Waals surface area contributed by atoms with E-state index in [0.29, 0.717) is 18.4 Å². The summed E-state index contributed by atoms with van der Waals surface area (Å²) in [6.45, 7) is 0. The van der Waals surface area contributed by atoms with Crippen LogP contribution in [0.5, 0.6) is 5.75 Å². The Kier molecular flexibility index (Phi) is 4.92. The van der Waals surface area contributed by atoms with E-state index in [4.69, 9.17) is 9.73 Å². The van der Waals surface area contributed by atoms with Gasteiger partial charge in [0.15, 0.2) is 0 Å². The zero-order chi connectivity index (χ0) is 21.2. The van der Waals surface area contributed by atoms with Gasteiger partial charge in [-0.1, -0.05) is 30.3 Å². The second-order valence-corrected chi connectivity index (χ2v) is 7.54. The number of hydrogen-bond acceptors (Lipinski definition) is 4. The quantitative estimate of drug-likeness (QED) is 0.484. The molecule has 152 valence electrons. The average molecular weight is 407 g/mol. The van der Waals surface area contributed by atoms with Crippen LogP contribution in [0.4, 0.5) is 11.4 Å². The Morgan fingerprint density at radius 2 is 1.81 bits per heavy atom. The maximum Gasteiger partial charge on any atom is 0.256 e. The number of carbonyl (C=O) groups is 1. The molecular formula is C26H21N3O2. The number of benzene rings is 3. The molecule has 1 amide bonds. The molecule has 5 nitrogen and oxygen atoms in total. The molecular weight excluding hydrogens is 386 g/mol. The summed E-state index contributed by atoms with van der Waals surface area (Å²) in [6, 6.07) is 23.3. The van der Waals surface area contributed by atoms with Gasteiger partial charge in [-0.15, -0.1) is 0 Å². The van der Waals surface area contributed by atoms with Crippen molar-refractivity contribution in [3.63, 3.8) is 0 Å². The normalized spacial score (nSPS) is 12.4. The molecule has 0 radical (unpaired) electrons. The van der Waals surface area contributed by atoms with E-state index in [9.17, 15) is 4.79 Å². The van der Waals surface area contributed by atoms with Crippen molar-refractivity contribution in [1.29, 1.82) is 0 Å². The van der Waals surface area contributed by atoms with Gasteiger partial charge in [-0.2, -0.15) is 0 Å². The maximum atomic E-state index is 12.9. The minimum Gasteiger partial charge on any atom is -0.497 e. The van der Waals surface area contributed by atoms with Crippen LogP contribution in [0.25, 0.3) is 10.8 Å². The number of carbonyl (C=O) groups excluding carboxylic acids is 1. The molecule has 2 heterocycles. The molecule has 0 unspecified atom stereocenters. The predicted molar refractivity (Wildman–Crippen MR) is 124 cm³/mol. The van der Waals surface area contributed by atoms with Crippen LogP contribution in [-0.2, 0) is 12.8 Å². The van der Waals surface area contributed by atoms with E-state index in [0.717, 1.165) is 39.5 Å².